The number of likely N-dealkylation sites (tertiary alicyclic amines) is 1. The molecule has 2 heterocycles. The molecule has 1 saturated heterocycles. The van der Waals surface area contributed by atoms with Crippen molar-refractivity contribution in [3.8, 4) is 11.3 Å². The van der Waals surface area contributed by atoms with Gasteiger partial charge < -0.3 is 9.42 Å². The molecule has 1 aliphatic heterocycles. The Bertz CT molecular complexity index is 835. The third kappa shape index (κ3) is 3.33. The van der Waals surface area contributed by atoms with E-state index in [9.17, 15) is 4.79 Å². The predicted molar refractivity (Wildman–Crippen MR) is 96.3 cm³/mol. The number of carbonyl (C=O) groups excluding carboxylic acids is 1. The average molecular weight is 332 g/mol. The van der Waals surface area contributed by atoms with Gasteiger partial charge in [0.15, 0.2) is 11.5 Å². The number of carbonyl (C=O) groups is 1. The minimum atomic E-state index is -0.0440. The molecule has 1 aromatic heterocycles. The van der Waals surface area contributed by atoms with E-state index in [0.29, 0.717) is 17.4 Å². The van der Waals surface area contributed by atoms with Gasteiger partial charge in [0.2, 0.25) is 0 Å². The smallest absolute Gasteiger partial charge is 0.276 e. The molecule has 1 amide bonds. The Kier molecular flexibility index (Phi) is 4.34. The summed E-state index contributed by atoms with van der Waals surface area (Å²) in [6, 6.07) is 22.0. The number of hydrogen-bond acceptors (Lipinski definition) is 3. The van der Waals surface area contributed by atoms with Crippen LogP contribution in [0.1, 0.15) is 34.8 Å². The standard InChI is InChI=1S/C21H20N2O2/c24-21(19-15-20(25-22-19)18-9-5-2-6-10-18)23-13-11-17(12-14-23)16-7-3-1-4-8-16/h1-10,15,17H,11-14H2. The van der Waals surface area contributed by atoms with Crippen molar-refractivity contribution in [1.82, 2.24) is 10.1 Å². The van der Waals surface area contributed by atoms with Gasteiger partial charge in [0.25, 0.3) is 5.91 Å². The molecule has 0 unspecified atom stereocenters. The van der Waals surface area contributed by atoms with E-state index in [4.69, 9.17) is 4.52 Å². The third-order valence-corrected chi connectivity index (χ3v) is 4.84. The lowest BCUT2D eigenvalue weighted by atomic mass is 9.89. The van der Waals surface area contributed by atoms with E-state index in [1.165, 1.54) is 5.56 Å². The van der Waals surface area contributed by atoms with Gasteiger partial charge in [-0.3, -0.25) is 4.79 Å². The molecule has 4 nitrogen and oxygen atoms in total. The van der Waals surface area contributed by atoms with E-state index in [1.54, 1.807) is 6.07 Å². The first-order valence-corrected chi connectivity index (χ1v) is 8.67. The van der Waals surface area contributed by atoms with Crippen LogP contribution in [0.25, 0.3) is 11.3 Å². The molecule has 25 heavy (non-hydrogen) atoms. The van der Waals surface area contributed by atoms with E-state index in [2.05, 4.69) is 29.4 Å². The van der Waals surface area contributed by atoms with E-state index >= 15 is 0 Å². The maximum absolute atomic E-state index is 12.7. The molecule has 0 saturated carbocycles. The highest BCUT2D eigenvalue weighted by molar-refractivity contribution is 5.93. The average Bonchev–Trinajstić information content (AvgIpc) is 3.19. The second-order valence-electron chi connectivity index (χ2n) is 6.42. The predicted octanol–water partition coefficient (Wildman–Crippen LogP) is 4.36. The van der Waals surface area contributed by atoms with Crippen LogP contribution in [0, 0.1) is 0 Å². The summed E-state index contributed by atoms with van der Waals surface area (Å²) in [5.41, 5.74) is 2.68. The lowest BCUT2D eigenvalue weighted by molar-refractivity contribution is 0.0702. The summed E-state index contributed by atoms with van der Waals surface area (Å²) in [5, 5.41) is 3.98. The lowest BCUT2D eigenvalue weighted by Gasteiger charge is -2.31. The Balaban J connectivity index is 1.42. The largest absolute Gasteiger partial charge is 0.355 e. The maximum atomic E-state index is 12.7. The van der Waals surface area contributed by atoms with Gasteiger partial charge in [-0.25, -0.2) is 0 Å². The van der Waals surface area contributed by atoms with Gasteiger partial charge in [0.1, 0.15) is 0 Å². The topological polar surface area (TPSA) is 46.3 Å². The minimum absolute atomic E-state index is 0.0440. The first-order chi connectivity index (χ1) is 12.3. The molecule has 0 spiro atoms. The van der Waals surface area contributed by atoms with Gasteiger partial charge in [0.05, 0.1) is 0 Å². The summed E-state index contributed by atoms with van der Waals surface area (Å²) in [6.45, 7) is 1.51. The normalized spacial score (nSPS) is 15.3. The molecule has 0 radical (unpaired) electrons. The van der Waals surface area contributed by atoms with Gasteiger partial charge in [-0.2, -0.15) is 0 Å². The van der Waals surface area contributed by atoms with Crippen molar-refractivity contribution < 1.29 is 9.32 Å². The molecular weight excluding hydrogens is 312 g/mol. The quantitative estimate of drug-likeness (QED) is 0.716. The van der Waals surface area contributed by atoms with Gasteiger partial charge in [-0.05, 0) is 24.3 Å². The van der Waals surface area contributed by atoms with E-state index in [-0.39, 0.29) is 5.91 Å². The Morgan fingerprint density at radius 1 is 0.960 bits per heavy atom. The van der Waals surface area contributed by atoms with Gasteiger partial charge >= 0.3 is 0 Å². The third-order valence-electron chi connectivity index (χ3n) is 4.84. The fourth-order valence-corrected chi connectivity index (χ4v) is 3.42. The molecule has 4 rings (SSSR count). The van der Waals surface area contributed by atoms with E-state index in [0.717, 1.165) is 31.5 Å². The van der Waals surface area contributed by atoms with Crippen LogP contribution < -0.4 is 0 Å². The Hall–Kier alpha value is -2.88. The van der Waals surface area contributed by atoms with Crippen LogP contribution in [0.4, 0.5) is 0 Å². The molecule has 2 aromatic carbocycles. The SMILES string of the molecule is O=C(c1cc(-c2ccccc2)on1)N1CCC(c2ccccc2)CC1. The molecule has 126 valence electrons. The second-order valence-corrected chi connectivity index (χ2v) is 6.42. The Morgan fingerprint density at radius 3 is 2.28 bits per heavy atom. The zero-order chi connectivity index (χ0) is 17.1. The molecule has 1 aliphatic rings. The summed E-state index contributed by atoms with van der Waals surface area (Å²) in [7, 11) is 0. The van der Waals surface area contributed by atoms with E-state index < -0.39 is 0 Å². The van der Waals surface area contributed by atoms with Crippen LogP contribution in [0.3, 0.4) is 0 Å². The van der Waals surface area contributed by atoms with Crippen molar-refractivity contribution in [3.63, 3.8) is 0 Å². The summed E-state index contributed by atoms with van der Waals surface area (Å²) < 4.78 is 5.36. The molecule has 0 N–H and O–H groups in total. The number of benzene rings is 2. The molecular formula is C21H20N2O2. The Morgan fingerprint density at radius 2 is 1.60 bits per heavy atom. The van der Waals surface area contributed by atoms with Crippen LogP contribution >= 0.6 is 0 Å². The molecule has 0 bridgehead atoms. The molecule has 0 atom stereocenters. The van der Waals surface area contributed by atoms with Gasteiger partial charge in [-0.1, -0.05) is 65.8 Å². The lowest BCUT2D eigenvalue weighted by Crippen LogP contribution is -2.38. The summed E-state index contributed by atoms with van der Waals surface area (Å²) in [4.78, 5) is 14.6. The highest BCUT2D eigenvalue weighted by Gasteiger charge is 2.26. The van der Waals surface area contributed by atoms with Crippen molar-refractivity contribution >= 4 is 5.91 Å². The van der Waals surface area contributed by atoms with E-state index in [1.807, 2.05) is 41.3 Å². The highest BCUT2D eigenvalue weighted by atomic mass is 16.5. The van der Waals surface area contributed by atoms with Crippen LogP contribution in [0.5, 0.6) is 0 Å². The molecule has 3 aromatic rings. The van der Waals surface area contributed by atoms with Crippen molar-refractivity contribution in [1.29, 1.82) is 0 Å². The number of aromatic nitrogens is 1. The van der Waals surface area contributed by atoms with Gasteiger partial charge in [0, 0.05) is 24.7 Å². The maximum Gasteiger partial charge on any atom is 0.276 e. The second kappa shape index (κ2) is 6.93. The number of nitrogens with zero attached hydrogens (tertiary/aromatic N) is 2. The molecule has 1 fully saturated rings. The zero-order valence-corrected chi connectivity index (χ0v) is 14.0. The van der Waals surface area contributed by atoms with Crippen molar-refractivity contribution in [2.24, 2.45) is 0 Å². The summed E-state index contributed by atoms with van der Waals surface area (Å²) in [6.07, 6.45) is 1.97. The fourth-order valence-electron chi connectivity index (χ4n) is 3.42. The van der Waals surface area contributed by atoms with Crippen LogP contribution in [0.15, 0.2) is 71.3 Å². The Labute approximate surface area is 147 Å². The van der Waals surface area contributed by atoms with Crippen LogP contribution in [0.2, 0.25) is 0 Å². The first kappa shape index (κ1) is 15.6. The minimum Gasteiger partial charge on any atom is -0.355 e. The van der Waals surface area contributed by atoms with Crippen LogP contribution in [-0.2, 0) is 0 Å². The molecule has 0 aliphatic carbocycles. The van der Waals surface area contributed by atoms with Crippen molar-refractivity contribution in [2.45, 2.75) is 18.8 Å². The number of piperidine rings is 1. The number of amides is 1. The zero-order valence-electron chi connectivity index (χ0n) is 14.0. The first-order valence-electron chi connectivity index (χ1n) is 8.67. The summed E-state index contributed by atoms with van der Waals surface area (Å²) >= 11 is 0. The fraction of sp³-hybridized carbons (Fsp3) is 0.238. The monoisotopic (exact) mass is 332 g/mol. The van der Waals surface area contributed by atoms with Gasteiger partial charge in [-0.15, -0.1) is 0 Å². The summed E-state index contributed by atoms with van der Waals surface area (Å²) in [5.74, 6) is 1.11. The molecule has 4 heteroatoms. The number of hydrogen-bond donors (Lipinski definition) is 0. The highest BCUT2D eigenvalue weighted by Crippen LogP contribution is 2.29. The van der Waals surface area contributed by atoms with Crippen molar-refractivity contribution in [2.75, 3.05) is 13.1 Å². The van der Waals surface area contributed by atoms with Crippen molar-refractivity contribution in [3.05, 3.63) is 78.0 Å². The van der Waals surface area contributed by atoms with Crippen LogP contribution in [-0.4, -0.2) is 29.1 Å². The number of rotatable bonds is 3.